The summed E-state index contributed by atoms with van der Waals surface area (Å²) in [6.45, 7) is 2.18. The second-order valence-corrected chi connectivity index (χ2v) is 7.75. The van der Waals surface area contributed by atoms with Gasteiger partial charge >= 0.3 is 0 Å². The summed E-state index contributed by atoms with van der Waals surface area (Å²) in [5.74, 6) is 0.821. The highest BCUT2D eigenvalue weighted by molar-refractivity contribution is 7.17. The van der Waals surface area contributed by atoms with Crippen molar-refractivity contribution in [2.24, 2.45) is 11.7 Å². The molecule has 144 valence electrons. The molecule has 2 aromatic rings. The third-order valence-corrected chi connectivity index (χ3v) is 6.20. The van der Waals surface area contributed by atoms with E-state index in [2.05, 4.69) is 12.2 Å². The van der Waals surface area contributed by atoms with Crippen molar-refractivity contribution in [2.75, 3.05) is 19.5 Å². The average Bonchev–Trinajstić information content (AvgIpc) is 3.04. The van der Waals surface area contributed by atoms with Gasteiger partial charge < -0.3 is 20.5 Å². The third-order valence-electron chi connectivity index (χ3n) is 5.03. The van der Waals surface area contributed by atoms with Crippen molar-refractivity contribution in [1.29, 1.82) is 0 Å². The van der Waals surface area contributed by atoms with Gasteiger partial charge in [-0.25, -0.2) is 0 Å². The molecule has 0 saturated carbocycles. The molecule has 1 aromatic carbocycles. The Bertz CT molecular complexity index is 853. The van der Waals surface area contributed by atoms with Crippen molar-refractivity contribution in [3.8, 4) is 11.5 Å². The van der Waals surface area contributed by atoms with Crippen LogP contribution in [-0.2, 0) is 12.8 Å². The molecule has 1 aliphatic rings. The largest absolute Gasteiger partial charge is 0.497 e. The molecule has 3 rings (SSSR count). The molecule has 0 fully saturated rings. The van der Waals surface area contributed by atoms with Gasteiger partial charge in [0.05, 0.1) is 19.8 Å². The smallest absolute Gasteiger partial charge is 0.256 e. The molecule has 0 bridgehead atoms. The summed E-state index contributed by atoms with van der Waals surface area (Å²) in [5, 5.41) is 3.39. The van der Waals surface area contributed by atoms with E-state index >= 15 is 0 Å². The Balaban J connectivity index is 1.93. The predicted octanol–water partition coefficient (Wildman–Crippen LogP) is 3.63. The monoisotopic (exact) mass is 388 g/mol. The van der Waals surface area contributed by atoms with Gasteiger partial charge in [0, 0.05) is 16.5 Å². The highest BCUT2D eigenvalue weighted by atomic mass is 32.1. The first-order chi connectivity index (χ1) is 13.0. The first kappa shape index (κ1) is 19.2. The number of anilines is 1. The second-order valence-electron chi connectivity index (χ2n) is 6.64. The molecule has 6 nitrogen and oxygen atoms in total. The number of thiophene rings is 1. The number of carbonyl (C=O) groups is 2. The molecule has 0 aliphatic heterocycles. The first-order valence-corrected chi connectivity index (χ1v) is 9.77. The molecule has 0 radical (unpaired) electrons. The van der Waals surface area contributed by atoms with Gasteiger partial charge in [0.25, 0.3) is 11.8 Å². The minimum atomic E-state index is -0.499. The molecule has 7 heteroatoms. The van der Waals surface area contributed by atoms with Gasteiger partial charge in [-0.05, 0) is 42.9 Å². The van der Waals surface area contributed by atoms with Crippen LogP contribution < -0.4 is 20.5 Å². The Labute approximate surface area is 162 Å². The van der Waals surface area contributed by atoms with Gasteiger partial charge in [-0.2, -0.15) is 0 Å². The van der Waals surface area contributed by atoms with E-state index in [0.29, 0.717) is 33.5 Å². The lowest BCUT2D eigenvalue weighted by Gasteiger charge is -2.20. The van der Waals surface area contributed by atoms with E-state index in [1.807, 2.05) is 0 Å². The van der Waals surface area contributed by atoms with Gasteiger partial charge in [-0.15, -0.1) is 11.3 Å². The normalized spacial score (nSPS) is 15.7. The fourth-order valence-corrected chi connectivity index (χ4v) is 4.83. The van der Waals surface area contributed by atoms with Crippen LogP contribution in [0.5, 0.6) is 11.5 Å². The number of nitrogens with one attached hydrogen (secondary N) is 1. The molecule has 0 saturated heterocycles. The number of fused-ring (bicyclic) bond motifs is 1. The van der Waals surface area contributed by atoms with Crippen LogP contribution in [-0.4, -0.2) is 26.0 Å². The Morgan fingerprint density at radius 2 is 1.89 bits per heavy atom. The minimum absolute atomic E-state index is 0.333. The number of primary amides is 1. The lowest BCUT2D eigenvalue weighted by molar-refractivity contribution is 0.1000. The molecular weight excluding hydrogens is 364 g/mol. The van der Waals surface area contributed by atoms with Crippen LogP contribution in [0.1, 0.15) is 50.9 Å². The first-order valence-electron chi connectivity index (χ1n) is 8.95. The molecule has 1 aromatic heterocycles. The number of nitrogens with two attached hydrogens (primary N) is 1. The van der Waals surface area contributed by atoms with Crippen LogP contribution in [0.15, 0.2) is 18.2 Å². The number of carbonyl (C=O) groups excluding carboxylic acids is 2. The number of amides is 2. The van der Waals surface area contributed by atoms with E-state index in [0.717, 1.165) is 36.1 Å². The maximum atomic E-state index is 12.8. The summed E-state index contributed by atoms with van der Waals surface area (Å²) >= 11 is 1.46. The lowest BCUT2D eigenvalue weighted by atomic mass is 9.85. The zero-order chi connectivity index (χ0) is 19.6. The number of ether oxygens (including phenoxy) is 2. The predicted molar refractivity (Wildman–Crippen MR) is 106 cm³/mol. The van der Waals surface area contributed by atoms with Gasteiger partial charge in [-0.3, -0.25) is 9.59 Å². The molecule has 27 heavy (non-hydrogen) atoms. The highest BCUT2D eigenvalue weighted by Gasteiger charge is 2.28. The molecule has 2 amide bonds. The quantitative estimate of drug-likeness (QED) is 0.791. The van der Waals surface area contributed by atoms with E-state index in [1.165, 1.54) is 25.6 Å². The van der Waals surface area contributed by atoms with Crippen molar-refractivity contribution in [3.63, 3.8) is 0 Å². The SMILES string of the molecule is CC[C@H]1CCc2c(sc(NC(=O)c3cc(OC)cc(OC)c3)c2C(N)=O)C1. The van der Waals surface area contributed by atoms with E-state index in [4.69, 9.17) is 15.2 Å². The topological polar surface area (TPSA) is 90.7 Å². The molecule has 0 spiro atoms. The van der Waals surface area contributed by atoms with Crippen molar-refractivity contribution in [3.05, 3.63) is 39.8 Å². The Hall–Kier alpha value is -2.54. The molecule has 3 N–H and O–H groups in total. The van der Waals surface area contributed by atoms with Crippen LogP contribution >= 0.6 is 11.3 Å². The standard InChI is InChI=1S/C20H24N2O4S/c1-4-11-5-6-15-16(7-11)27-20(17(15)18(21)23)22-19(24)12-8-13(25-2)10-14(9-12)26-3/h8-11H,4-7H2,1-3H3,(H2,21,23)(H,22,24)/t11-/m0/s1. The number of methoxy groups -OCH3 is 2. The van der Waals surface area contributed by atoms with E-state index in [1.54, 1.807) is 18.2 Å². The van der Waals surface area contributed by atoms with Gasteiger partial charge in [0.2, 0.25) is 0 Å². The molecule has 1 atom stereocenters. The van der Waals surface area contributed by atoms with Crippen LogP contribution in [0.25, 0.3) is 0 Å². The molecule has 1 heterocycles. The van der Waals surface area contributed by atoms with E-state index in [-0.39, 0.29) is 5.91 Å². The van der Waals surface area contributed by atoms with Crippen molar-refractivity contribution >= 4 is 28.2 Å². The van der Waals surface area contributed by atoms with Crippen LogP contribution in [0.4, 0.5) is 5.00 Å². The molecule has 1 aliphatic carbocycles. The number of benzene rings is 1. The summed E-state index contributed by atoms with van der Waals surface area (Å²) in [5.41, 5.74) is 7.47. The Kier molecular flexibility index (Phi) is 5.70. The zero-order valence-corrected chi connectivity index (χ0v) is 16.6. The van der Waals surface area contributed by atoms with Gasteiger partial charge in [-0.1, -0.05) is 13.3 Å². The van der Waals surface area contributed by atoms with Gasteiger partial charge in [0.15, 0.2) is 0 Å². The third kappa shape index (κ3) is 3.93. The van der Waals surface area contributed by atoms with Crippen molar-refractivity contribution in [1.82, 2.24) is 0 Å². The van der Waals surface area contributed by atoms with Crippen LogP contribution in [0.3, 0.4) is 0 Å². The summed E-state index contributed by atoms with van der Waals surface area (Å²) < 4.78 is 10.4. The van der Waals surface area contributed by atoms with E-state index < -0.39 is 5.91 Å². The molecular formula is C20H24N2O4S. The summed E-state index contributed by atoms with van der Waals surface area (Å²) in [6, 6.07) is 4.95. The van der Waals surface area contributed by atoms with Crippen molar-refractivity contribution < 1.29 is 19.1 Å². The Morgan fingerprint density at radius 1 is 1.22 bits per heavy atom. The minimum Gasteiger partial charge on any atom is -0.497 e. The average molecular weight is 388 g/mol. The van der Waals surface area contributed by atoms with Crippen LogP contribution in [0, 0.1) is 5.92 Å². The fraction of sp³-hybridized carbons (Fsp3) is 0.400. The van der Waals surface area contributed by atoms with Crippen LogP contribution in [0.2, 0.25) is 0 Å². The number of hydrogen-bond acceptors (Lipinski definition) is 5. The summed E-state index contributed by atoms with van der Waals surface area (Å²) in [4.78, 5) is 26.0. The second kappa shape index (κ2) is 8.00. The highest BCUT2D eigenvalue weighted by Crippen LogP contribution is 2.40. The Morgan fingerprint density at radius 3 is 2.44 bits per heavy atom. The number of hydrogen-bond donors (Lipinski definition) is 2. The summed E-state index contributed by atoms with van der Waals surface area (Å²) in [6.07, 6.45) is 3.90. The van der Waals surface area contributed by atoms with Crippen molar-refractivity contribution in [2.45, 2.75) is 32.6 Å². The maximum Gasteiger partial charge on any atom is 0.256 e. The maximum absolute atomic E-state index is 12.8. The number of rotatable bonds is 6. The van der Waals surface area contributed by atoms with Gasteiger partial charge in [0.1, 0.15) is 16.5 Å². The zero-order valence-electron chi connectivity index (χ0n) is 15.8. The lowest BCUT2D eigenvalue weighted by Crippen LogP contribution is -2.19. The fourth-order valence-electron chi connectivity index (χ4n) is 3.47. The molecule has 0 unspecified atom stereocenters. The summed E-state index contributed by atoms with van der Waals surface area (Å²) in [7, 11) is 3.05. The van der Waals surface area contributed by atoms with E-state index in [9.17, 15) is 9.59 Å².